The summed E-state index contributed by atoms with van der Waals surface area (Å²) in [5.74, 6) is -1.08. The number of carbonyl (C=O) groups excluding carboxylic acids is 1. The van der Waals surface area contributed by atoms with Gasteiger partial charge in [0, 0.05) is 12.1 Å². The minimum absolute atomic E-state index is 0.0394. The minimum atomic E-state index is -1.05. The minimum Gasteiger partial charge on any atom is -0.355 e. The molecule has 1 unspecified atom stereocenters. The van der Waals surface area contributed by atoms with Gasteiger partial charge in [-0.1, -0.05) is 23.7 Å². The molecular formula is C10H10Cl2FNO. The molecule has 1 aromatic carbocycles. The number of halogens is 3. The zero-order valence-corrected chi connectivity index (χ0v) is 9.57. The summed E-state index contributed by atoms with van der Waals surface area (Å²) in [6.07, 6.45) is 0. The van der Waals surface area contributed by atoms with Crippen LogP contribution in [0.15, 0.2) is 18.2 Å². The second-order valence-electron chi connectivity index (χ2n) is 2.90. The van der Waals surface area contributed by atoms with Gasteiger partial charge in [0.05, 0.1) is 5.02 Å². The van der Waals surface area contributed by atoms with E-state index in [2.05, 4.69) is 5.32 Å². The first-order valence-electron chi connectivity index (χ1n) is 4.43. The van der Waals surface area contributed by atoms with E-state index in [-0.39, 0.29) is 10.6 Å². The molecule has 15 heavy (non-hydrogen) atoms. The standard InChI is InChI=1S/C10H10Cl2FNO/c1-2-14-10(15)8(12)6-4-3-5-7(11)9(6)13/h3-5,8H,2H2,1H3,(H,14,15). The number of hydrogen-bond acceptors (Lipinski definition) is 1. The highest BCUT2D eigenvalue weighted by molar-refractivity contribution is 6.32. The topological polar surface area (TPSA) is 29.1 Å². The number of amides is 1. The van der Waals surface area contributed by atoms with Gasteiger partial charge in [-0.2, -0.15) is 0 Å². The normalized spacial score (nSPS) is 12.3. The van der Waals surface area contributed by atoms with Crippen molar-refractivity contribution in [2.45, 2.75) is 12.3 Å². The second kappa shape index (κ2) is 5.33. The van der Waals surface area contributed by atoms with Crippen LogP contribution in [0.4, 0.5) is 4.39 Å². The van der Waals surface area contributed by atoms with Crippen LogP contribution in [0.25, 0.3) is 0 Å². The number of alkyl halides is 1. The molecular weight excluding hydrogens is 240 g/mol. The van der Waals surface area contributed by atoms with Gasteiger partial charge in [-0.25, -0.2) is 4.39 Å². The maximum absolute atomic E-state index is 13.5. The third kappa shape index (κ3) is 2.83. The number of carbonyl (C=O) groups is 1. The van der Waals surface area contributed by atoms with Crippen molar-refractivity contribution in [3.63, 3.8) is 0 Å². The predicted octanol–water partition coefficient (Wildman–Crippen LogP) is 2.90. The van der Waals surface area contributed by atoms with E-state index < -0.39 is 17.1 Å². The summed E-state index contributed by atoms with van der Waals surface area (Å²) in [5.41, 5.74) is 0.0927. The maximum Gasteiger partial charge on any atom is 0.242 e. The van der Waals surface area contributed by atoms with Crippen LogP contribution in [0.5, 0.6) is 0 Å². The molecule has 0 fully saturated rings. The van der Waals surface area contributed by atoms with Gasteiger partial charge in [0.25, 0.3) is 0 Å². The Labute approximate surface area is 97.4 Å². The van der Waals surface area contributed by atoms with Crippen LogP contribution in [0.1, 0.15) is 17.9 Å². The first-order chi connectivity index (χ1) is 7.07. The molecule has 0 aliphatic rings. The van der Waals surface area contributed by atoms with Crippen molar-refractivity contribution in [2.75, 3.05) is 6.54 Å². The van der Waals surface area contributed by atoms with Gasteiger partial charge in [0.2, 0.25) is 5.91 Å². The van der Waals surface area contributed by atoms with Gasteiger partial charge < -0.3 is 5.32 Å². The molecule has 0 radical (unpaired) electrons. The Morgan fingerprint density at radius 3 is 2.87 bits per heavy atom. The van der Waals surface area contributed by atoms with Gasteiger partial charge in [-0.05, 0) is 13.0 Å². The van der Waals surface area contributed by atoms with Gasteiger partial charge in [-0.15, -0.1) is 11.6 Å². The lowest BCUT2D eigenvalue weighted by Gasteiger charge is -2.10. The number of nitrogens with one attached hydrogen (secondary N) is 1. The Kier molecular flexibility index (Phi) is 4.36. The fourth-order valence-electron chi connectivity index (χ4n) is 1.12. The molecule has 0 aliphatic heterocycles. The van der Waals surface area contributed by atoms with Gasteiger partial charge in [0.15, 0.2) is 0 Å². The van der Waals surface area contributed by atoms with Crippen molar-refractivity contribution in [3.05, 3.63) is 34.6 Å². The average molecular weight is 250 g/mol. The molecule has 0 spiro atoms. The molecule has 0 saturated carbocycles. The van der Waals surface area contributed by atoms with Crippen LogP contribution < -0.4 is 5.32 Å². The number of likely N-dealkylation sites (N-methyl/N-ethyl adjacent to an activating group) is 1. The number of rotatable bonds is 3. The zero-order chi connectivity index (χ0) is 11.4. The van der Waals surface area contributed by atoms with Gasteiger partial charge >= 0.3 is 0 Å². The molecule has 1 N–H and O–H groups in total. The zero-order valence-electron chi connectivity index (χ0n) is 8.06. The van der Waals surface area contributed by atoms with Crippen molar-refractivity contribution in [1.29, 1.82) is 0 Å². The monoisotopic (exact) mass is 249 g/mol. The fraction of sp³-hybridized carbons (Fsp3) is 0.300. The molecule has 0 bridgehead atoms. The summed E-state index contributed by atoms with van der Waals surface area (Å²) < 4.78 is 13.5. The highest BCUT2D eigenvalue weighted by atomic mass is 35.5. The smallest absolute Gasteiger partial charge is 0.242 e. The van der Waals surface area contributed by atoms with Crippen LogP contribution >= 0.6 is 23.2 Å². The average Bonchev–Trinajstić information content (AvgIpc) is 2.21. The molecule has 1 amide bonds. The van der Waals surface area contributed by atoms with Crippen molar-refractivity contribution in [2.24, 2.45) is 0 Å². The van der Waals surface area contributed by atoms with E-state index in [0.29, 0.717) is 6.54 Å². The van der Waals surface area contributed by atoms with E-state index in [4.69, 9.17) is 23.2 Å². The number of hydrogen-bond donors (Lipinski definition) is 1. The van der Waals surface area contributed by atoms with E-state index >= 15 is 0 Å². The maximum atomic E-state index is 13.5. The Morgan fingerprint density at radius 1 is 1.60 bits per heavy atom. The van der Waals surface area contributed by atoms with Crippen molar-refractivity contribution >= 4 is 29.1 Å². The van der Waals surface area contributed by atoms with E-state index in [0.717, 1.165) is 0 Å². The van der Waals surface area contributed by atoms with Gasteiger partial charge in [-0.3, -0.25) is 4.79 Å². The molecule has 1 aromatic rings. The van der Waals surface area contributed by atoms with Crippen molar-refractivity contribution < 1.29 is 9.18 Å². The Hall–Kier alpha value is -0.800. The summed E-state index contributed by atoms with van der Waals surface area (Å²) in [7, 11) is 0. The lowest BCUT2D eigenvalue weighted by Crippen LogP contribution is -2.26. The van der Waals surface area contributed by atoms with E-state index in [9.17, 15) is 9.18 Å². The van der Waals surface area contributed by atoms with E-state index in [1.165, 1.54) is 12.1 Å². The highest BCUT2D eigenvalue weighted by Gasteiger charge is 2.21. The fourth-order valence-corrected chi connectivity index (χ4v) is 1.55. The summed E-state index contributed by atoms with van der Waals surface area (Å²) in [5, 5.41) is 1.42. The predicted molar refractivity (Wildman–Crippen MR) is 58.7 cm³/mol. The molecule has 2 nitrogen and oxygen atoms in total. The quantitative estimate of drug-likeness (QED) is 0.821. The molecule has 0 aliphatic carbocycles. The SMILES string of the molecule is CCNC(=O)C(Cl)c1cccc(Cl)c1F. The molecule has 0 saturated heterocycles. The van der Waals surface area contributed by atoms with Crippen LogP contribution in [0.2, 0.25) is 5.02 Å². The summed E-state index contributed by atoms with van der Waals surface area (Å²) in [4.78, 5) is 11.4. The molecule has 5 heteroatoms. The van der Waals surface area contributed by atoms with Crippen LogP contribution in [-0.4, -0.2) is 12.5 Å². The lowest BCUT2D eigenvalue weighted by atomic mass is 10.1. The highest BCUT2D eigenvalue weighted by Crippen LogP contribution is 2.27. The molecule has 82 valence electrons. The lowest BCUT2D eigenvalue weighted by molar-refractivity contribution is -0.120. The molecule has 0 heterocycles. The first kappa shape index (κ1) is 12.3. The third-order valence-corrected chi connectivity index (χ3v) is 2.56. The molecule has 0 aromatic heterocycles. The third-order valence-electron chi connectivity index (χ3n) is 1.84. The Morgan fingerprint density at radius 2 is 2.27 bits per heavy atom. The molecule has 1 rings (SSSR count). The van der Waals surface area contributed by atoms with E-state index in [1.807, 2.05) is 0 Å². The summed E-state index contributed by atoms with van der Waals surface area (Å²) in [6.45, 7) is 2.21. The van der Waals surface area contributed by atoms with E-state index in [1.54, 1.807) is 13.0 Å². The summed E-state index contributed by atoms with van der Waals surface area (Å²) in [6, 6.07) is 4.39. The second-order valence-corrected chi connectivity index (χ2v) is 3.74. The first-order valence-corrected chi connectivity index (χ1v) is 5.25. The van der Waals surface area contributed by atoms with Crippen LogP contribution in [0, 0.1) is 5.82 Å². The van der Waals surface area contributed by atoms with Crippen molar-refractivity contribution in [1.82, 2.24) is 5.32 Å². The van der Waals surface area contributed by atoms with Crippen molar-refractivity contribution in [3.8, 4) is 0 Å². The largest absolute Gasteiger partial charge is 0.355 e. The van der Waals surface area contributed by atoms with Gasteiger partial charge in [0.1, 0.15) is 11.2 Å². The van der Waals surface area contributed by atoms with Crippen LogP contribution in [0.3, 0.4) is 0 Å². The summed E-state index contributed by atoms with van der Waals surface area (Å²) >= 11 is 11.4. The number of benzene rings is 1. The Balaban J connectivity index is 2.96. The van der Waals surface area contributed by atoms with Crippen LogP contribution in [-0.2, 0) is 4.79 Å². The Bertz CT molecular complexity index is 370. The molecule has 1 atom stereocenters.